The van der Waals surface area contributed by atoms with Crippen LogP contribution in [0.1, 0.15) is 20.8 Å². The quantitative estimate of drug-likeness (QED) is 0.573. The maximum Gasteiger partial charge on any atom is 0.176 e. The number of rotatable bonds is 1. The van der Waals surface area contributed by atoms with Crippen LogP contribution in [0.2, 0.25) is 0 Å². The molecule has 1 rings (SSSR count). The first-order chi connectivity index (χ1) is 4.54. The average Bonchev–Trinajstić information content (AvgIpc) is 2.13. The molecule has 0 radical (unpaired) electrons. The molecule has 0 bridgehead atoms. The van der Waals surface area contributed by atoms with Crippen LogP contribution in [0.5, 0.6) is 0 Å². The largest absolute Gasteiger partial charge is 0.352 e. The van der Waals surface area contributed by atoms with Gasteiger partial charge in [-0.2, -0.15) is 0 Å². The summed E-state index contributed by atoms with van der Waals surface area (Å²) in [4.78, 5) is 10.9. The lowest BCUT2D eigenvalue weighted by atomic mass is 10.2. The summed E-state index contributed by atoms with van der Waals surface area (Å²) in [6.07, 6.45) is 0. The SMILES string of the molecule is CC(=O)[C@]1(C)N[C@H](C)CO1. The van der Waals surface area contributed by atoms with Gasteiger partial charge in [-0.3, -0.25) is 10.1 Å². The molecule has 0 aromatic carbocycles. The van der Waals surface area contributed by atoms with E-state index < -0.39 is 5.72 Å². The van der Waals surface area contributed by atoms with E-state index in [1.807, 2.05) is 6.92 Å². The van der Waals surface area contributed by atoms with Gasteiger partial charge in [0.05, 0.1) is 6.61 Å². The highest BCUT2D eigenvalue weighted by Crippen LogP contribution is 2.15. The highest BCUT2D eigenvalue weighted by atomic mass is 16.5. The average molecular weight is 143 g/mol. The molecule has 0 aromatic heterocycles. The highest BCUT2D eigenvalue weighted by molar-refractivity contribution is 5.84. The summed E-state index contributed by atoms with van der Waals surface area (Å²) in [5, 5.41) is 3.06. The Hall–Kier alpha value is -0.410. The first-order valence-electron chi connectivity index (χ1n) is 3.47. The summed E-state index contributed by atoms with van der Waals surface area (Å²) < 4.78 is 5.25. The Labute approximate surface area is 60.7 Å². The van der Waals surface area contributed by atoms with Crippen LogP contribution in [0.4, 0.5) is 0 Å². The van der Waals surface area contributed by atoms with Gasteiger partial charge < -0.3 is 4.74 Å². The first kappa shape index (κ1) is 7.69. The van der Waals surface area contributed by atoms with Gasteiger partial charge >= 0.3 is 0 Å². The zero-order valence-electron chi connectivity index (χ0n) is 6.60. The van der Waals surface area contributed by atoms with Gasteiger partial charge in [0.25, 0.3) is 0 Å². The second-order valence-electron chi connectivity index (χ2n) is 2.95. The van der Waals surface area contributed by atoms with Crippen LogP contribution in [0.25, 0.3) is 0 Å². The van der Waals surface area contributed by atoms with Crippen molar-refractivity contribution in [2.45, 2.75) is 32.5 Å². The third-order valence-electron chi connectivity index (χ3n) is 1.82. The number of carbonyl (C=O) groups is 1. The molecule has 0 aromatic rings. The first-order valence-corrected chi connectivity index (χ1v) is 3.47. The van der Waals surface area contributed by atoms with E-state index in [1.165, 1.54) is 6.92 Å². The van der Waals surface area contributed by atoms with Crippen molar-refractivity contribution in [1.82, 2.24) is 5.32 Å². The molecule has 3 heteroatoms. The van der Waals surface area contributed by atoms with Gasteiger partial charge in [0.2, 0.25) is 0 Å². The summed E-state index contributed by atoms with van der Waals surface area (Å²) in [6, 6.07) is 0.286. The number of Topliss-reactive ketones (excluding diaryl/α,β-unsaturated/α-hetero) is 1. The fourth-order valence-electron chi connectivity index (χ4n) is 1.05. The second-order valence-corrected chi connectivity index (χ2v) is 2.95. The van der Waals surface area contributed by atoms with Crippen LogP contribution in [-0.4, -0.2) is 24.2 Å². The smallest absolute Gasteiger partial charge is 0.176 e. The monoisotopic (exact) mass is 143 g/mol. The van der Waals surface area contributed by atoms with E-state index in [-0.39, 0.29) is 11.8 Å². The highest BCUT2D eigenvalue weighted by Gasteiger charge is 2.37. The van der Waals surface area contributed by atoms with Gasteiger partial charge in [-0.15, -0.1) is 0 Å². The Kier molecular flexibility index (Phi) is 1.79. The lowest BCUT2D eigenvalue weighted by Crippen LogP contribution is -2.46. The van der Waals surface area contributed by atoms with Crippen LogP contribution < -0.4 is 5.32 Å². The van der Waals surface area contributed by atoms with E-state index in [9.17, 15) is 4.79 Å². The normalized spacial score (nSPS) is 40.1. The van der Waals surface area contributed by atoms with Gasteiger partial charge in [-0.1, -0.05) is 0 Å². The lowest BCUT2D eigenvalue weighted by molar-refractivity contribution is -0.136. The van der Waals surface area contributed by atoms with Gasteiger partial charge in [0.1, 0.15) is 0 Å². The number of nitrogens with one attached hydrogen (secondary N) is 1. The van der Waals surface area contributed by atoms with Gasteiger partial charge in [0, 0.05) is 6.04 Å². The summed E-state index contributed by atoms with van der Waals surface area (Å²) in [7, 11) is 0. The van der Waals surface area contributed by atoms with Crippen molar-refractivity contribution in [3.05, 3.63) is 0 Å². The Balaban J connectivity index is 2.63. The summed E-state index contributed by atoms with van der Waals surface area (Å²) in [6.45, 7) is 5.91. The van der Waals surface area contributed by atoms with E-state index >= 15 is 0 Å². The van der Waals surface area contributed by atoms with Gasteiger partial charge in [0.15, 0.2) is 11.5 Å². The molecule has 1 heterocycles. The predicted molar refractivity (Wildman–Crippen MR) is 37.6 cm³/mol. The molecule has 1 saturated heterocycles. The van der Waals surface area contributed by atoms with Crippen molar-refractivity contribution < 1.29 is 9.53 Å². The van der Waals surface area contributed by atoms with E-state index in [0.717, 1.165) is 0 Å². The second kappa shape index (κ2) is 2.32. The molecule has 0 spiro atoms. The van der Waals surface area contributed by atoms with Crippen LogP contribution in [0.15, 0.2) is 0 Å². The molecule has 1 N–H and O–H groups in total. The zero-order valence-corrected chi connectivity index (χ0v) is 6.60. The van der Waals surface area contributed by atoms with Crippen LogP contribution >= 0.6 is 0 Å². The number of hydrogen-bond donors (Lipinski definition) is 1. The standard InChI is InChI=1S/C7H13NO2/c1-5-4-10-7(3,8-5)6(2)9/h5,8H,4H2,1-3H3/t5-,7-/m1/s1. The maximum atomic E-state index is 10.9. The molecule has 0 aliphatic carbocycles. The van der Waals surface area contributed by atoms with Gasteiger partial charge in [-0.05, 0) is 20.8 Å². The molecule has 1 aliphatic rings. The fraction of sp³-hybridized carbons (Fsp3) is 0.857. The zero-order chi connectivity index (χ0) is 7.78. The van der Waals surface area contributed by atoms with Crippen molar-refractivity contribution >= 4 is 5.78 Å². The van der Waals surface area contributed by atoms with Crippen molar-refractivity contribution in [2.24, 2.45) is 0 Å². The Morgan fingerprint density at radius 2 is 2.40 bits per heavy atom. The number of ketones is 1. The number of ether oxygens (including phenoxy) is 1. The molecule has 1 fully saturated rings. The van der Waals surface area contributed by atoms with Crippen molar-refractivity contribution in [2.75, 3.05) is 6.61 Å². The summed E-state index contributed by atoms with van der Waals surface area (Å²) >= 11 is 0. The third kappa shape index (κ3) is 1.20. The molecule has 10 heavy (non-hydrogen) atoms. The molecule has 3 nitrogen and oxygen atoms in total. The molecule has 2 atom stereocenters. The minimum absolute atomic E-state index is 0.0388. The molecule has 0 unspecified atom stereocenters. The van der Waals surface area contributed by atoms with Crippen molar-refractivity contribution in [3.8, 4) is 0 Å². The van der Waals surface area contributed by atoms with Crippen LogP contribution in [0.3, 0.4) is 0 Å². The molecule has 0 amide bonds. The van der Waals surface area contributed by atoms with Crippen molar-refractivity contribution in [1.29, 1.82) is 0 Å². The summed E-state index contributed by atoms with van der Waals surface area (Å²) in [5.74, 6) is 0.0388. The topological polar surface area (TPSA) is 38.3 Å². The van der Waals surface area contributed by atoms with Crippen LogP contribution in [0, 0.1) is 0 Å². The minimum atomic E-state index is -0.723. The minimum Gasteiger partial charge on any atom is -0.352 e. The lowest BCUT2D eigenvalue weighted by Gasteiger charge is -2.19. The predicted octanol–water partition coefficient (Wildman–Crippen LogP) is 0.300. The summed E-state index contributed by atoms with van der Waals surface area (Å²) in [5.41, 5.74) is -0.723. The molecular weight excluding hydrogens is 130 g/mol. The third-order valence-corrected chi connectivity index (χ3v) is 1.82. The fourth-order valence-corrected chi connectivity index (χ4v) is 1.05. The van der Waals surface area contributed by atoms with E-state index in [4.69, 9.17) is 4.74 Å². The van der Waals surface area contributed by atoms with E-state index in [1.54, 1.807) is 6.92 Å². The molecular formula is C7H13NO2. The number of hydrogen-bond acceptors (Lipinski definition) is 3. The van der Waals surface area contributed by atoms with Crippen molar-refractivity contribution in [3.63, 3.8) is 0 Å². The molecule has 1 aliphatic heterocycles. The molecule has 0 saturated carbocycles. The van der Waals surface area contributed by atoms with Gasteiger partial charge in [-0.25, -0.2) is 0 Å². The van der Waals surface area contributed by atoms with E-state index in [2.05, 4.69) is 5.32 Å². The maximum absolute atomic E-state index is 10.9. The van der Waals surface area contributed by atoms with E-state index in [0.29, 0.717) is 6.61 Å². The Morgan fingerprint density at radius 3 is 2.60 bits per heavy atom. The van der Waals surface area contributed by atoms with Crippen LogP contribution in [-0.2, 0) is 9.53 Å². The molecule has 58 valence electrons. The number of carbonyl (C=O) groups excluding carboxylic acids is 1. The Bertz CT molecular complexity index is 158. The Morgan fingerprint density at radius 1 is 1.80 bits per heavy atom.